The summed E-state index contributed by atoms with van der Waals surface area (Å²) in [6.07, 6.45) is 0.467. The Hall–Kier alpha value is -1.72. The van der Waals surface area contributed by atoms with Crippen LogP contribution in [0.4, 0.5) is 5.13 Å². The molecule has 0 fully saturated rings. The molecule has 0 saturated carbocycles. The van der Waals surface area contributed by atoms with Crippen molar-refractivity contribution in [3.05, 3.63) is 46.5 Å². The first-order valence-electron chi connectivity index (χ1n) is 6.95. The molecular formula is C16H21N3OS. The van der Waals surface area contributed by atoms with Crippen molar-refractivity contribution in [2.24, 2.45) is 0 Å². The molecule has 0 radical (unpaired) electrons. The van der Waals surface area contributed by atoms with Gasteiger partial charge < -0.3 is 10.2 Å². The molecule has 0 amide bonds. The summed E-state index contributed by atoms with van der Waals surface area (Å²) in [5, 5.41) is 4.20. The fourth-order valence-corrected chi connectivity index (χ4v) is 3.02. The molecule has 0 spiro atoms. The van der Waals surface area contributed by atoms with E-state index in [4.69, 9.17) is 0 Å². The van der Waals surface area contributed by atoms with E-state index < -0.39 is 0 Å². The van der Waals surface area contributed by atoms with E-state index in [-0.39, 0.29) is 5.78 Å². The van der Waals surface area contributed by atoms with Gasteiger partial charge in [0.1, 0.15) is 0 Å². The number of anilines is 1. The van der Waals surface area contributed by atoms with Crippen LogP contribution in [0.15, 0.2) is 30.3 Å². The van der Waals surface area contributed by atoms with Crippen LogP contribution in [0.25, 0.3) is 0 Å². The molecule has 1 N–H and O–H groups in total. The third kappa shape index (κ3) is 4.95. The SMILES string of the molecule is Cc1nc(NCc2ccccc2)sc1CC(=O)CN(C)C. The van der Waals surface area contributed by atoms with Gasteiger partial charge in [0, 0.05) is 17.8 Å². The summed E-state index contributed by atoms with van der Waals surface area (Å²) >= 11 is 1.57. The minimum atomic E-state index is 0.223. The Kier molecular flexibility index (Phi) is 5.47. The summed E-state index contributed by atoms with van der Waals surface area (Å²) in [6, 6.07) is 10.2. The lowest BCUT2D eigenvalue weighted by molar-refractivity contribution is -0.118. The zero-order chi connectivity index (χ0) is 15.2. The van der Waals surface area contributed by atoms with E-state index >= 15 is 0 Å². The molecule has 0 saturated heterocycles. The van der Waals surface area contributed by atoms with Gasteiger partial charge in [-0.3, -0.25) is 4.79 Å². The molecule has 1 aromatic carbocycles. The van der Waals surface area contributed by atoms with Crippen LogP contribution in [0.3, 0.4) is 0 Å². The third-order valence-corrected chi connectivity index (χ3v) is 4.14. The van der Waals surface area contributed by atoms with E-state index in [1.54, 1.807) is 11.3 Å². The molecule has 1 heterocycles. The first-order valence-corrected chi connectivity index (χ1v) is 7.77. The smallest absolute Gasteiger partial charge is 0.183 e. The van der Waals surface area contributed by atoms with Gasteiger partial charge in [0.05, 0.1) is 12.2 Å². The molecule has 4 nitrogen and oxygen atoms in total. The highest BCUT2D eigenvalue weighted by molar-refractivity contribution is 7.15. The van der Waals surface area contributed by atoms with Gasteiger partial charge in [-0.2, -0.15) is 0 Å². The Morgan fingerprint density at radius 1 is 1.29 bits per heavy atom. The minimum absolute atomic E-state index is 0.223. The van der Waals surface area contributed by atoms with Gasteiger partial charge in [-0.05, 0) is 26.6 Å². The number of rotatable bonds is 7. The van der Waals surface area contributed by atoms with Crippen molar-refractivity contribution >= 4 is 22.3 Å². The molecule has 5 heteroatoms. The summed E-state index contributed by atoms with van der Waals surface area (Å²) in [6.45, 7) is 3.19. The lowest BCUT2D eigenvalue weighted by Gasteiger charge is -2.07. The number of carbonyl (C=O) groups excluding carboxylic acids is 1. The number of ketones is 1. The number of nitrogens with zero attached hydrogens (tertiary/aromatic N) is 2. The van der Waals surface area contributed by atoms with Crippen molar-refractivity contribution in [2.45, 2.75) is 19.9 Å². The highest BCUT2D eigenvalue weighted by Gasteiger charge is 2.12. The van der Waals surface area contributed by atoms with Gasteiger partial charge in [-0.15, -0.1) is 11.3 Å². The first kappa shape index (κ1) is 15.7. The molecule has 112 valence electrons. The average molecular weight is 303 g/mol. The van der Waals surface area contributed by atoms with Crippen molar-refractivity contribution < 1.29 is 4.79 Å². The number of carbonyl (C=O) groups is 1. The van der Waals surface area contributed by atoms with Crippen LogP contribution in [-0.2, 0) is 17.8 Å². The number of Topliss-reactive ketones (excluding diaryl/α,β-unsaturated/α-hetero) is 1. The molecule has 0 bridgehead atoms. The number of likely N-dealkylation sites (N-methyl/N-ethyl adjacent to an activating group) is 1. The molecule has 2 aromatic rings. The maximum Gasteiger partial charge on any atom is 0.183 e. The summed E-state index contributed by atoms with van der Waals surface area (Å²) in [5.74, 6) is 0.223. The van der Waals surface area contributed by atoms with Crippen molar-refractivity contribution in [3.63, 3.8) is 0 Å². The van der Waals surface area contributed by atoms with E-state index in [1.807, 2.05) is 44.1 Å². The van der Waals surface area contributed by atoms with E-state index in [9.17, 15) is 4.79 Å². The average Bonchev–Trinajstić information content (AvgIpc) is 2.77. The molecule has 0 aliphatic heterocycles. The Labute approximate surface area is 129 Å². The summed E-state index contributed by atoms with van der Waals surface area (Å²) < 4.78 is 0. The Bertz CT molecular complexity index is 593. The monoisotopic (exact) mass is 303 g/mol. The molecule has 0 aliphatic rings. The predicted octanol–water partition coefficient (Wildman–Crippen LogP) is 2.74. The van der Waals surface area contributed by atoms with Crippen molar-refractivity contribution in [1.29, 1.82) is 0 Å². The number of thiazole rings is 1. The second-order valence-corrected chi connectivity index (χ2v) is 6.40. The second kappa shape index (κ2) is 7.33. The maximum absolute atomic E-state index is 11.9. The van der Waals surface area contributed by atoms with E-state index in [2.05, 4.69) is 22.4 Å². The molecule has 21 heavy (non-hydrogen) atoms. The Morgan fingerprint density at radius 2 is 2.00 bits per heavy atom. The van der Waals surface area contributed by atoms with Crippen LogP contribution in [0.2, 0.25) is 0 Å². The van der Waals surface area contributed by atoms with Crippen LogP contribution in [0, 0.1) is 6.92 Å². The number of benzene rings is 1. The van der Waals surface area contributed by atoms with Crippen molar-refractivity contribution in [3.8, 4) is 0 Å². The van der Waals surface area contributed by atoms with E-state index in [1.165, 1.54) is 5.56 Å². The van der Waals surface area contributed by atoms with E-state index in [0.29, 0.717) is 13.0 Å². The second-order valence-electron chi connectivity index (χ2n) is 5.32. The van der Waals surface area contributed by atoms with Crippen LogP contribution in [0.5, 0.6) is 0 Å². The minimum Gasteiger partial charge on any atom is -0.357 e. The largest absolute Gasteiger partial charge is 0.357 e. The molecule has 1 aromatic heterocycles. The zero-order valence-corrected chi connectivity index (χ0v) is 13.5. The van der Waals surface area contributed by atoms with Gasteiger partial charge >= 0.3 is 0 Å². The van der Waals surface area contributed by atoms with Crippen LogP contribution >= 0.6 is 11.3 Å². The quantitative estimate of drug-likeness (QED) is 0.854. The predicted molar refractivity (Wildman–Crippen MR) is 87.9 cm³/mol. The Morgan fingerprint density at radius 3 is 2.67 bits per heavy atom. The van der Waals surface area contributed by atoms with E-state index in [0.717, 1.165) is 22.2 Å². The fraction of sp³-hybridized carbons (Fsp3) is 0.375. The standard InChI is InChI=1S/C16H21N3OS/c1-12-15(9-14(20)11-19(2)3)21-16(18-12)17-10-13-7-5-4-6-8-13/h4-8H,9-11H2,1-3H3,(H,17,18). The van der Waals surface area contributed by atoms with Crippen molar-refractivity contribution in [2.75, 3.05) is 26.0 Å². The topological polar surface area (TPSA) is 45.2 Å². The highest BCUT2D eigenvalue weighted by atomic mass is 32.1. The molecule has 0 aliphatic carbocycles. The van der Waals surface area contributed by atoms with Gasteiger partial charge in [-0.1, -0.05) is 30.3 Å². The lowest BCUT2D eigenvalue weighted by atomic mass is 10.2. The number of hydrogen-bond acceptors (Lipinski definition) is 5. The number of aromatic nitrogens is 1. The number of aryl methyl sites for hydroxylation is 1. The fourth-order valence-electron chi connectivity index (χ4n) is 2.03. The van der Waals surface area contributed by atoms with Gasteiger partial charge in [0.25, 0.3) is 0 Å². The van der Waals surface area contributed by atoms with Crippen molar-refractivity contribution in [1.82, 2.24) is 9.88 Å². The first-order chi connectivity index (χ1) is 10.0. The number of hydrogen-bond donors (Lipinski definition) is 1. The van der Waals surface area contributed by atoms with Gasteiger partial charge in [0.2, 0.25) is 0 Å². The summed E-state index contributed by atoms with van der Waals surface area (Å²) in [4.78, 5) is 19.3. The van der Waals surface area contributed by atoms with Gasteiger partial charge in [-0.25, -0.2) is 4.98 Å². The normalized spacial score (nSPS) is 10.9. The van der Waals surface area contributed by atoms with Crippen LogP contribution in [0.1, 0.15) is 16.1 Å². The number of nitrogens with one attached hydrogen (secondary N) is 1. The molecule has 0 atom stereocenters. The molecular weight excluding hydrogens is 282 g/mol. The lowest BCUT2D eigenvalue weighted by Crippen LogP contribution is -2.22. The summed E-state index contributed by atoms with van der Waals surface area (Å²) in [5.41, 5.74) is 2.17. The van der Waals surface area contributed by atoms with Gasteiger partial charge in [0.15, 0.2) is 10.9 Å². The Balaban J connectivity index is 1.94. The highest BCUT2D eigenvalue weighted by Crippen LogP contribution is 2.23. The maximum atomic E-state index is 11.9. The third-order valence-electron chi connectivity index (χ3n) is 3.03. The molecule has 0 unspecified atom stereocenters. The molecule has 2 rings (SSSR count). The van der Waals surface area contributed by atoms with Crippen LogP contribution in [-0.4, -0.2) is 36.3 Å². The zero-order valence-electron chi connectivity index (χ0n) is 12.7. The summed E-state index contributed by atoms with van der Waals surface area (Å²) in [7, 11) is 3.81. The van der Waals surface area contributed by atoms with Crippen LogP contribution < -0.4 is 5.32 Å².